The summed E-state index contributed by atoms with van der Waals surface area (Å²) in [4.78, 5) is 40.1. The Bertz CT molecular complexity index is 1210. The fraction of sp³-hybridized carbons (Fsp3) is 0.458. The Hall–Kier alpha value is -3.07. The third kappa shape index (κ3) is 5.47. The molecule has 8 nitrogen and oxygen atoms in total. The van der Waals surface area contributed by atoms with Gasteiger partial charge in [0.05, 0.1) is 17.2 Å². The average Bonchev–Trinajstić information content (AvgIpc) is 3.08. The lowest BCUT2D eigenvalue weighted by molar-refractivity contribution is -0.136. The van der Waals surface area contributed by atoms with Crippen LogP contribution in [0, 0.1) is 5.92 Å². The second-order valence-electron chi connectivity index (χ2n) is 8.20. The van der Waals surface area contributed by atoms with Crippen molar-refractivity contribution < 1.29 is 23.8 Å². The molecule has 0 radical (unpaired) electrons. The monoisotopic (exact) mass is 472 g/mol. The quantitative estimate of drug-likeness (QED) is 0.606. The Morgan fingerprint density at radius 1 is 1.18 bits per heavy atom. The summed E-state index contributed by atoms with van der Waals surface area (Å²) in [5.74, 6) is 1.22. The van der Waals surface area contributed by atoms with Crippen LogP contribution in [0.25, 0.3) is 12.2 Å². The lowest BCUT2D eigenvalue weighted by atomic mass is 9.99. The van der Waals surface area contributed by atoms with Gasteiger partial charge in [0.1, 0.15) is 24.4 Å². The van der Waals surface area contributed by atoms with Crippen LogP contribution >= 0.6 is 11.3 Å². The molecule has 1 saturated heterocycles. The zero-order chi connectivity index (χ0) is 23.4. The van der Waals surface area contributed by atoms with Gasteiger partial charge >= 0.3 is 5.97 Å². The van der Waals surface area contributed by atoms with Crippen LogP contribution in [0.4, 0.5) is 0 Å². The van der Waals surface area contributed by atoms with Gasteiger partial charge in [-0.25, -0.2) is 4.79 Å². The van der Waals surface area contributed by atoms with Gasteiger partial charge in [0.15, 0.2) is 11.5 Å². The highest BCUT2D eigenvalue weighted by Gasteiger charge is 2.22. The van der Waals surface area contributed by atoms with Gasteiger partial charge in [0.25, 0.3) is 5.56 Å². The number of hydrogen-bond donors (Lipinski definition) is 0. The lowest BCUT2D eigenvalue weighted by Gasteiger charge is -2.30. The van der Waals surface area contributed by atoms with E-state index in [2.05, 4.69) is 6.92 Å². The number of carbonyl (C=O) groups excluding carboxylic acids is 2. The smallest absolute Gasteiger partial charge is 0.333 e. The third-order valence-corrected chi connectivity index (χ3v) is 6.82. The molecule has 1 amide bonds. The predicted octanol–water partition coefficient (Wildman–Crippen LogP) is 1.11. The predicted molar refractivity (Wildman–Crippen MR) is 125 cm³/mol. The molecule has 2 aromatic rings. The number of benzene rings is 1. The van der Waals surface area contributed by atoms with Crippen molar-refractivity contribution in [2.45, 2.75) is 33.2 Å². The second-order valence-corrected chi connectivity index (χ2v) is 9.27. The molecule has 0 N–H and O–H groups in total. The number of likely N-dealkylation sites (tertiary alicyclic amines) is 1. The summed E-state index contributed by atoms with van der Waals surface area (Å²) >= 11 is 1.16. The molecule has 0 unspecified atom stereocenters. The molecule has 4 rings (SSSR count). The van der Waals surface area contributed by atoms with Gasteiger partial charge in [-0.05, 0) is 49.5 Å². The highest BCUT2D eigenvalue weighted by molar-refractivity contribution is 7.07. The van der Waals surface area contributed by atoms with Gasteiger partial charge in [-0.2, -0.15) is 0 Å². The molecule has 0 saturated carbocycles. The van der Waals surface area contributed by atoms with Crippen molar-refractivity contribution in [3.8, 4) is 11.5 Å². The van der Waals surface area contributed by atoms with Crippen LogP contribution < -0.4 is 24.2 Å². The van der Waals surface area contributed by atoms with Crippen molar-refractivity contribution in [3.63, 3.8) is 0 Å². The summed E-state index contributed by atoms with van der Waals surface area (Å²) in [6.45, 7) is 6.36. The van der Waals surface area contributed by atoms with E-state index < -0.39 is 5.97 Å². The number of nitrogens with zero attached hydrogens (tertiary/aromatic N) is 2. The molecule has 2 aliphatic heterocycles. The number of amides is 1. The molecule has 3 heterocycles. The Morgan fingerprint density at radius 3 is 2.64 bits per heavy atom. The molecular weight excluding hydrogens is 444 g/mol. The van der Waals surface area contributed by atoms with Gasteiger partial charge in [-0.15, -0.1) is 11.3 Å². The number of fused-ring (bicyclic) bond motifs is 1. The van der Waals surface area contributed by atoms with Crippen molar-refractivity contribution in [1.29, 1.82) is 0 Å². The Balaban J connectivity index is 1.69. The van der Waals surface area contributed by atoms with Gasteiger partial charge < -0.3 is 19.1 Å². The number of piperidine rings is 1. The highest BCUT2D eigenvalue weighted by atomic mass is 32.1. The van der Waals surface area contributed by atoms with Crippen molar-refractivity contribution in [2.75, 3.05) is 32.9 Å². The molecule has 0 bridgehead atoms. The van der Waals surface area contributed by atoms with Crippen LogP contribution in [-0.2, 0) is 20.9 Å². The maximum Gasteiger partial charge on any atom is 0.333 e. The van der Waals surface area contributed by atoms with E-state index in [9.17, 15) is 14.4 Å². The van der Waals surface area contributed by atoms with E-state index in [1.165, 1.54) is 10.6 Å². The maximum atomic E-state index is 13.2. The van der Waals surface area contributed by atoms with Crippen molar-refractivity contribution in [3.05, 3.63) is 43.3 Å². The molecule has 0 aliphatic carbocycles. The Labute approximate surface area is 195 Å². The van der Waals surface area contributed by atoms with E-state index in [1.807, 2.05) is 12.1 Å². The molecule has 2 aliphatic rings. The number of aromatic nitrogens is 1. The first-order chi connectivity index (χ1) is 15.9. The highest BCUT2D eigenvalue weighted by Crippen LogP contribution is 2.30. The topological polar surface area (TPSA) is 87.1 Å². The first-order valence-corrected chi connectivity index (χ1v) is 12.0. The first-order valence-electron chi connectivity index (χ1n) is 11.2. The van der Waals surface area contributed by atoms with Gasteiger partial charge in [0.2, 0.25) is 5.91 Å². The normalized spacial score (nSPS) is 17.3. The third-order valence-electron chi connectivity index (χ3n) is 5.76. The van der Waals surface area contributed by atoms with Gasteiger partial charge in [-0.3, -0.25) is 14.2 Å². The summed E-state index contributed by atoms with van der Waals surface area (Å²) in [7, 11) is 0. The zero-order valence-corrected chi connectivity index (χ0v) is 19.7. The van der Waals surface area contributed by atoms with Gasteiger partial charge in [0, 0.05) is 13.1 Å². The molecule has 1 aromatic carbocycles. The first kappa shape index (κ1) is 23.1. The number of hydrogen-bond acceptors (Lipinski definition) is 7. The van der Waals surface area contributed by atoms with Crippen molar-refractivity contribution in [2.24, 2.45) is 5.92 Å². The molecule has 33 heavy (non-hydrogen) atoms. The van der Waals surface area contributed by atoms with Crippen molar-refractivity contribution in [1.82, 2.24) is 9.47 Å². The van der Waals surface area contributed by atoms with Crippen LogP contribution in [0.3, 0.4) is 0 Å². The van der Waals surface area contributed by atoms with Crippen LogP contribution in [-0.4, -0.2) is 54.3 Å². The molecule has 176 valence electrons. The SMILES string of the molecule is CCOC(=O)/C=c1\s/c(=C/c2ccc3c(c2)OCCO3)c(=O)n1CC(=O)N1CCC(C)CC1. The molecule has 1 fully saturated rings. The van der Waals surface area contributed by atoms with E-state index in [0.717, 1.165) is 29.7 Å². The summed E-state index contributed by atoms with van der Waals surface area (Å²) in [6.07, 6.45) is 4.92. The molecule has 0 atom stereocenters. The minimum absolute atomic E-state index is 0.107. The zero-order valence-electron chi connectivity index (χ0n) is 18.9. The standard InChI is InChI=1S/C24H28N2O6S/c1-3-30-23(28)14-22-26(15-21(27)25-8-6-16(2)7-9-25)24(29)20(33-22)13-17-4-5-18-19(12-17)32-11-10-31-18/h4-5,12-14,16H,3,6-11,15H2,1-2H3/b20-13+,22-14-. The fourth-order valence-electron chi connectivity index (χ4n) is 3.87. The number of ether oxygens (including phenoxy) is 3. The maximum absolute atomic E-state index is 13.2. The number of rotatable bonds is 5. The van der Waals surface area contributed by atoms with Crippen LogP contribution in [0.1, 0.15) is 32.3 Å². The van der Waals surface area contributed by atoms with Crippen LogP contribution in [0.5, 0.6) is 11.5 Å². The number of carbonyl (C=O) groups is 2. The molecule has 0 spiro atoms. The summed E-state index contributed by atoms with van der Waals surface area (Å²) in [5, 5.41) is 0. The number of thiazole rings is 1. The summed E-state index contributed by atoms with van der Waals surface area (Å²) in [6, 6.07) is 5.46. The Kier molecular flexibility index (Phi) is 7.17. The summed E-state index contributed by atoms with van der Waals surface area (Å²) < 4.78 is 18.4. The summed E-state index contributed by atoms with van der Waals surface area (Å²) in [5.41, 5.74) is 0.452. The van der Waals surface area contributed by atoms with Crippen LogP contribution in [0.15, 0.2) is 23.0 Å². The lowest BCUT2D eigenvalue weighted by Crippen LogP contribution is -2.43. The fourth-order valence-corrected chi connectivity index (χ4v) is 4.90. The average molecular weight is 473 g/mol. The van der Waals surface area contributed by atoms with E-state index in [-0.39, 0.29) is 24.6 Å². The largest absolute Gasteiger partial charge is 0.486 e. The minimum Gasteiger partial charge on any atom is -0.486 e. The molecular formula is C24H28N2O6S. The van der Waals surface area contributed by atoms with E-state index >= 15 is 0 Å². The molecule has 9 heteroatoms. The van der Waals surface area contributed by atoms with Crippen LogP contribution in [0.2, 0.25) is 0 Å². The number of esters is 1. The van der Waals surface area contributed by atoms with E-state index in [4.69, 9.17) is 14.2 Å². The van der Waals surface area contributed by atoms with E-state index in [0.29, 0.717) is 52.9 Å². The van der Waals surface area contributed by atoms with Crippen molar-refractivity contribution >= 4 is 35.4 Å². The van der Waals surface area contributed by atoms with E-state index in [1.54, 1.807) is 24.0 Å². The Morgan fingerprint density at radius 2 is 1.91 bits per heavy atom. The second kappa shape index (κ2) is 10.2. The molecule has 1 aromatic heterocycles. The van der Waals surface area contributed by atoms with Gasteiger partial charge in [-0.1, -0.05) is 13.0 Å². The minimum atomic E-state index is -0.544.